The summed E-state index contributed by atoms with van der Waals surface area (Å²) >= 11 is 0. The number of aliphatic carboxylic acids is 1. The second kappa shape index (κ2) is 46.8. The molecule has 1 saturated heterocycles. The standard InChI is InChI=1S/C57H106O12/c1-4-7-10-13-16-19-21-23-24-25-26-28-30-33-36-39-42-45-51(60)68-55-53(62)52(61)54(56(63)64)69-57(55)66-47-48(67-50(59)44-41-38-35-31-18-15-12-9-6-3)46-65-49(58)43-40-37-34-32-29-27-22-20-17-14-11-8-5-2/h48,52-55,57,61-62H,4-47H2,1-3H3,(H,63,64). The van der Waals surface area contributed by atoms with Gasteiger partial charge in [-0.05, 0) is 19.3 Å². The third-order valence-corrected chi connectivity index (χ3v) is 13.7. The molecule has 0 radical (unpaired) electrons. The van der Waals surface area contributed by atoms with E-state index in [1.807, 2.05) is 0 Å². The minimum atomic E-state index is -1.89. The fourth-order valence-corrected chi connectivity index (χ4v) is 9.19. The summed E-state index contributed by atoms with van der Waals surface area (Å²) in [5, 5.41) is 31.4. The number of hydrogen-bond acceptors (Lipinski definition) is 11. The maximum Gasteiger partial charge on any atom is 0.335 e. The molecule has 1 aliphatic rings. The molecule has 0 spiro atoms. The molecule has 12 nitrogen and oxygen atoms in total. The van der Waals surface area contributed by atoms with Crippen LogP contribution >= 0.6 is 0 Å². The number of carbonyl (C=O) groups excluding carboxylic acids is 3. The summed E-state index contributed by atoms with van der Waals surface area (Å²) < 4.78 is 28.4. The number of rotatable bonds is 50. The van der Waals surface area contributed by atoms with E-state index in [1.165, 1.54) is 173 Å². The lowest BCUT2D eigenvalue weighted by Gasteiger charge is -2.40. The highest BCUT2D eigenvalue weighted by Gasteiger charge is 2.50. The molecule has 3 N–H and O–H groups in total. The van der Waals surface area contributed by atoms with E-state index in [9.17, 15) is 34.5 Å². The Morgan fingerprint density at radius 1 is 0.420 bits per heavy atom. The molecule has 0 saturated carbocycles. The molecule has 0 aromatic heterocycles. The van der Waals surface area contributed by atoms with Gasteiger partial charge in [0.2, 0.25) is 0 Å². The van der Waals surface area contributed by atoms with Gasteiger partial charge >= 0.3 is 23.9 Å². The van der Waals surface area contributed by atoms with Crippen molar-refractivity contribution in [3.8, 4) is 0 Å². The number of carboxylic acid groups (broad SMARTS) is 1. The number of unbranched alkanes of at least 4 members (excludes halogenated alkanes) is 36. The van der Waals surface area contributed by atoms with E-state index in [-0.39, 0.29) is 25.9 Å². The Morgan fingerprint density at radius 3 is 1.09 bits per heavy atom. The van der Waals surface area contributed by atoms with Crippen LogP contribution in [0.3, 0.4) is 0 Å². The fourth-order valence-electron chi connectivity index (χ4n) is 9.19. The van der Waals surface area contributed by atoms with E-state index < -0.39 is 67.3 Å². The maximum atomic E-state index is 13.0. The smallest absolute Gasteiger partial charge is 0.335 e. The predicted octanol–water partition coefficient (Wildman–Crippen LogP) is 14.3. The average Bonchev–Trinajstić information content (AvgIpc) is 3.33. The van der Waals surface area contributed by atoms with Gasteiger partial charge in [0.1, 0.15) is 18.8 Å². The molecular weight excluding hydrogens is 877 g/mol. The fraction of sp³-hybridized carbons (Fsp3) is 0.930. The van der Waals surface area contributed by atoms with Gasteiger partial charge in [-0.2, -0.15) is 0 Å². The van der Waals surface area contributed by atoms with Crippen LogP contribution in [0.2, 0.25) is 0 Å². The first-order chi connectivity index (χ1) is 33.6. The number of esters is 3. The molecule has 1 aliphatic heterocycles. The Bertz CT molecular complexity index is 1210. The van der Waals surface area contributed by atoms with Crippen LogP contribution in [0.25, 0.3) is 0 Å². The zero-order chi connectivity index (χ0) is 50.4. The van der Waals surface area contributed by atoms with E-state index >= 15 is 0 Å². The largest absolute Gasteiger partial charge is 0.479 e. The van der Waals surface area contributed by atoms with Crippen molar-refractivity contribution in [2.75, 3.05) is 13.2 Å². The highest BCUT2D eigenvalue weighted by molar-refractivity contribution is 5.74. The second-order valence-corrected chi connectivity index (χ2v) is 20.3. The molecule has 1 heterocycles. The Hall–Kier alpha value is -2.28. The molecule has 1 fully saturated rings. The molecule has 0 aromatic carbocycles. The first kappa shape index (κ1) is 64.7. The quantitative estimate of drug-likeness (QED) is 0.0299. The number of carbonyl (C=O) groups is 4. The summed E-state index contributed by atoms with van der Waals surface area (Å²) in [6.07, 6.45) is 36.6. The van der Waals surface area contributed by atoms with Gasteiger partial charge < -0.3 is 39.0 Å². The molecular formula is C57H106O12. The second-order valence-electron chi connectivity index (χ2n) is 20.3. The summed E-state index contributed by atoms with van der Waals surface area (Å²) in [5.74, 6) is -3.08. The van der Waals surface area contributed by atoms with E-state index in [0.29, 0.717) is 19.3 Å². The monoisotopic (exact) mass is 983 g/mol. The summed E-state index contributed by atoms with van der Waals surface area (Å²) in [5.41, 5.74) is 0. The van der Waals surface area contributed by atoms with Crippen molar-refractivity contribution in [3.63, 3.8) is 0 Å². The van der Waals surface area contributed by atoms with Crippen LogP contribution in [0, 0.1) is 0 Å². The van der Waals surface area contributed by atoms with Gasteiger partial charge in [0.15, 0.2) is 24.6 Å². The minimum Gasteiger partial charge on any atom is -0.479 e. The van der Waals surface area contributed by atoms with Gasteiger partial charge in [0.25, 0.3) is 0 Å². The third kappa shape index (κ3) is 37.2. The molecule has 0 amide bonds. The van der Waals surface area contributed by atoms with Gasteiger partial charge in [0, 0.05) is 19.3 Å². The van der Waals surface area contributed by atoms with Crippen LogP contribution in [0.4, 0.5) is 0 Å². The maximum absolute atomic E-state index is 13.0. The van der Waals surface area contributed by atoms with E-state index in [0.717, 1.165) is 57.8 Å². The molecule has 406 valence electrons. The number of ether oxygens (including phenoxy) is 5. The van der Waals surface area contributed by atoms with Crippen LogP contribution in [-0.2, 0) is 42.9 Å². The van der Waals surface area contributed by atoms with Crippen LogP contribution in [0.5, 0.6) is 0 Å². The van der Waals surface area contributed by atoms with Crippen LogP contribution < -0.4 is 0 Å². The van der Waals surface area contributed by atoms with E-state index in [1.54, 1.807) is 0 Å². The SMILES string of the molecule is CCCCCCCCCCCCCCCCCCCC(=O)OC1C(OCC(COC(=O)CCCCCCCCCCCCCCC)OC(=O)CCCCCCCCCCC)OC(C(=O)O)C(O)C1O. The lowest BCUT2D eigenvalue weighted by atomic mass is 9.98. The molecule has 0 aromatic rings. The van der Waals surface area contributed by atoms with Gasteiger partial charge in [0.05, 0.1) is 6.61 Å². The summed E-state index contributed by atoms with van der Waals surface area (Å²) in [6, 6.07) is 0. The molecule has 0 aliphatic carbocycles. The first-order valence-corrected chi connectivity index (χ1v) is 29.0. The molecule has 6 unspecified atom stereocenters. The van der Waals surface area contributed by atoms with Crippen molar-refractivity contribution in [2.24, 2.45) is 0 Å². The zero-order valence-electron chi connectivity index (χ0n) is 44.6. The lowest BCUT2D eigenvalue weighted by molar-refractivity contribution is -0.301. The van der Waals surface area contributed by atoms with Gasteiger partial charge in [-0.3, -0.25) is 14.4 Å². The molecule has 12 heteroatoms. The van der Waals surface area contributed by atoms with Crippen LogP contribution in [0.15, 0.2) is 0 Å². The van der Waals surface area contributed by atoms with Crippen LogP contribution in [0.1, 0.15) is 290 Å². The highest BCUT2D eigenvalue weighted by Crippen LogP contribution is 2.27. The van der Waals surface area contributed by atoms with Crippen molar-refractivity contribution >= 4 is 23.9 Å². The molecule has 69 heavy (non-hydrogen) atoms. The number of aliphatic hydroxyl groups is 2. The highest BCUT2D eigenvalue weighted by atomic mass is 16.7. The molecule has 0 bridgehead atoms. The van der Waals surface area contributed by atoms with Crippen LogP contribution in [-0.4, -0.2) is 89.2 Å². The first-order valence-electron chi connectivity index (χ1n) is 29.0. The van der Waals surface area contributed by atoms with Crippen molar-refractivity contribution in [2.45, 2.75) is 327 Å². The van der Waals surface area contributed by atoms with Gasteiger partial charge in [-0.15, -0.1) is 0 Å². The van der Waals surface area contributed by atoms with Crippen molar-refractivity contribution < 1.29 is 58.2 Å². The Balaban J connectivity index is 2.63. The zero-order valence-corrected chi connectivity index (χ0v) is 44.6. The Kier molecular flexibility index (Phi) is 43.9. The predicted molar refractivity (Wildman–Crippen MR) is 276 cm³/mol. The minimum absolute atomic E-state index is 0.0707. The van der Waals surface area contributed by atoms with E-state index in [4.69, 9.17) is 23.7 Å². The Morgan fingerprint density at radius 2 is 0.739 bits per heavy atom. The third-order valence-electron chi connectivity index (χ3n) is 13.7. The topological polar surface area (TPSA) is 175 Å². The normalized spacial score (nSPS) is 18.5. The van der Waals surface area contributed by atoms with Gasteiger partial charge in [-0.1, -0.05) is 252 Å². The molecule has 1 rings (SSSR count). The van der Waals surface area contributed by atoms with Crippen molar-refractivity contribution in [3.05, 3.63) is 0 Å². The average molecular weight is 983 g/mol. The van der Waals surface area contributed by atoms with Crippen molar-refractivity contribution in [1.82, 2.24) is 0 Å². The number of hydrogen-bond donors (Lipinski definition) is 3. The summed E-state index contributed by atoms with van der Waals surface area (Å²) in [4.78, 5) is 50.9. The number of carboxylic acids is 1. The molecule has 6 atom stereocenters. The number of aliphatic hydroxyl groups excluding tert-OH is 2. The summed E-state index contributed by atoms with van der Waals surface area (Å²) in [6.45, 7) is 6.00. The van der Waals surface area contributed by atoms with Crippen molar-refractivity contribution in [1.29, 1.82) is 0 Å². The van der Waals surface area contributed by atoms with Gasteiger partial charge in [-0.25, -0.2) is 4.79 Å². The Labute approximate surface area is 421 Å². The summed E-state index contributed by atoms with van der Waals surface area (Å²) in [7, 11) is 0. The van der Waals surface area contributed by atoms with E-state index in [2.05, 4.69) is 20.8 Å². The lowest BCUT2D eigenvalue weighted by Crippen LogP contribution is -2.61.